The lowest BCUT2D eigenvalue weighted by Crippen LogP contribution is -2.36. The van der Waals surface area contributed by atoms with Crippen molar-refractivity contribution in [1.82, 2.24) is 24.6 Å². The highest BCUT2D eigenvalue weighted by atomic mass is 19.1. The number of rotatable bonds is 10. The Labute approximate surface area is 262 Å². The molecule has 1 unspecified atom stereocenters. The largest absolute Gasteiger partial charge is 0.378 e. The fourth-order valence-corrected chi connectivity index (χ4v) is 6.21. The standard InChI is InChI=1S/C34H38F2N8O/c1-24-20-38-34(40-29-4-6-30(7-5-29)43-14-16-45-17-15-43)41-33(24)27-21-39-44(23-27)31(8-11-37)18-25-9-12-42(13-10-25)22-26-2-3-28(35)19-32(26)36/h2-7,19-21,23,25,31H,8-10,12-18,22H2,1H3,(H,38,40,41). The molecule has 0 bridgehead atoms. The molecule has 2 saturated heterocycles. The van der Waals surface area contributed by atoms with E-state index in [0.717, 1.165) is 87.2 Å². The Bertz CT molecular complexity index is 1620. The molecule has 6 rings (SSSR count). The van der Waals surface area contributed by atoms with Crippen LogP contribution in [-0.2, 0) is 11.3 Å². The summed E-state index contributed by atoms with van der Waals surface area (Å²) in [7, 11) is 0. The number of aromatic nitrogens is 4. The van der Waals surface area contributed by atoms with Crippen LogP contribution in [-0.4, -0.2) is 64.0 Å². The minimum Gasteiger partial charge on any atom is -0.378 e. The topological polar surface area (TPSA) is 95.1 Å². The van der Waals surface area contributed by atoms with Crippen LogP contribution >= 0.6 is 0 Å². The smallest absolute Gasteiger partial charge is 0.227 e. The fraction of sp³-hybridized carbons (Fsp3) is 0.412. The van der Waals surface area contributed by atoms with Crippen LogP contribution in [0.25, 0.3) is 11.3 Å². The molecule has 0 spiro atoms. The first-order chi connectivity index (χ1) is 21.9. The van der Waals surface area contributed by atoms with Crippen molar-refractivity contribution in [1.29, 1.82) is 5.26 Å². The fourth-order valence-electron chi connectivity index (χ4n) is 6.21. The molecule has 9 nitrogen and oxygen atoms in total. The Hall–Kier alpha value is -4.40. The Kier molecular flexibility index (Phi) is 9.62. The molecule has 1 atom stereocenters. The van der Waals surface area contributed by atoms with E-state index in [4.69, 9.17) is 9.72 Å². The Balaban J connectivity index is 1.08. The third kappa shape index (κ3) is 7.64. The highest BCUT2D eigenvalue weighted by molar-refractivity contribution is 5.65. The summed E-state index contributed by atoms with van der Waals surface area (Å²) in [5.41, 5.74) is 5.19. The van der Waals surface area contributed by atoms with Gasteiger partial charge in [0.15, 0.2) is 0 Å². The van der Waals surface area contributed by atoms with Crippen LogP contribution < -0.4 is 10.2 Å². The quantitative estimate of drug-likeness (QED) is 0.224. The molecule has 4 aromatic rings. The third-order valence-electron chi connectivity index (χ3n) is 8.77. The van der Waals surface area contributed by atoms with Gasteiger partial charge in [0.2, 0.25) is 5.95 Å². The van der Waals surface area contributed by atoms with E-state index >= 15 is 0 Å². The van der Waals surface area contributed by atoms with Gasteiger partial charge in [0.25, 0.3) is 0 Å². The van der Waals surface area contributed by atoms with Crippen LogP contribution in [0.15, 0.2) is 61.1 Å². The first kappa shape index (κ1) is 30.6. The second-order valence-corrected chi connectivity index (χ2v) is 11.9. The zero-order valence-corrected chi connectivity index (χ0v) is 25.5. The molecular weight excluding hydrogens is 574 g/mol. The van der Waals surface area contributed by atoms with E-state index in [1.807, 2.05) is 36.1 Å². The van der Waals surface area contributed by atoms with Crippen molar-refractivity contribution in [3.63, 3.8) is 0 Å². The van der Waals surface area contributed by atoms with Gasteiger partial charge in [0.05, 0.1) is 43.6 Å². The molecular formula is C34H38F2N8O. The molecule has 11 heteroatoms. The van der Waals surface area contributed by atoms with Gasteiger partial charge in [0.1, 0.15) is 11.6 Å². The predicted octanol–water partition coefficient (Wildman–Crippen LogP) is 6.26. The Morgan fingerprint density at radius 1 is 1.04 bits per heavy atom. The van der Waals surface area contributed by atoms with Crippen LogP contribution in [0.1, 0.15) is 42.9 Å². The summed E-state index contributed by atoms with van der Waals surface area (Å²) >= 11 is 0. The van der Waals surface area contributed by atoms with Gasteiger partial charge in [-0.25, -0.2) is 18.7 Å². The maximum atomic E-state index is 14.1. The summed E-state index contributed by atoms with van der Waals surface area (Å²) in [5, 5.41) is 17.6. The molecule has 4 heterocycles. The highest BCUT2D eigenvalue weighted by Gasteiger charge is 2.25. The zero-order chi connectivity index (χ0) is 31.2. The molecule has 0 aliphatic carbocycles. The average Bonchev–Trinajstić information content (AvgIpc) is 3.55. The van der Waals surface area contributed by atoms with E-state index in [9.17, 15) is 14.0 Å². The van der Waals surface area contributed by atoms with Crippen LogP contribution in [0.3, 0.4) is 0 Å². The molecule has 2 aliphatic heterocycles. The van der Waals surface area contributed by atoms with Gasteiger partial charge in [-0.15, -0.1) is 0 Å². The summed E-state index contributed by atoms with van der Waals surface area (Å²) in [6, 6.07) is 14.3. The van der Waals surface area contributed by atoms with Gasteiger partial charge >= 0.3 is 0 Å². The van der Waals surface area contributed by atoms with E-state index in [1.54, 1.807) is 6.20 Å². The summed E-state index contributed by atoms with van der Waals surface area (Å²) in [6.45, 7) is 7.38. The van der Waals surface area contributed by atoms with Gasteiger partial charge < -0.3 is 15.0 Å². The van der Waals surface area contributed by atoms with Crippen molar-refractivity contribution >= 4 is 17.3 Å². The molecule has 2 aromatic carbocycles. The molecule has 234 valence electrons. The van der Waals surface area contributed by atoms with Gasteiger partial charge in [-0.2, -0.15) is 10.4 Å². The number of anilines is 3. The van der Waals surface area contributed by atoms with Crippen molar-refractivity contribution in [2.75, 3.05) is 49.6 Å². The molecule has 2 aromatic heterocycles. The number of likely N-dealkylation sites (tertiary alicyclic amines) is 1. The van der Waals surface area contributed by atoms with Gasteiger partial charge in [-0.05, 0) is 81.1 Å². The molecule has 2 aliphatic rings. The van der Waals surface area contributed by atoms with Gasteiger partial charge in [-0.3, -0.25) is 9.58 Å². The van der Waals surface area contributed by atoms with Crippen molar-refractivity contribution in [3.05, 3.63) is 83.8 Å². The highest BCUT2D eigenvalue weighted by Crippen LogP contribution is 2.31. The third-order valence-corrected chi connectivity index (χ3v) is 8.77. The second kappa shape index (κ2) is 14.1. The van der Waals surface area contributed by atoms with E-state index in [-0.39, 0.29) is 6.04 Å². The number of piperidine rings is 1. The molecule has 0 saturated carbocycles. The summed E-state index contributed by atoms with van der Waals surface area (Å²) in [5.74, 6) is -0.127. The van der Waals surface area contributed by atoms with Crippen LogP contribution in [0.4, 0.5) is 26.1 Å². The number of hydrogen-bond acceptors (Lipinski definition) is 8. The zero-order valence-electron chi connectivity index (χ0n) is 25.5. The molecule has 45 heavy (non-hydrogen) atoms. The Morgan fingerprint density at radius 2 is 1.82 bits per heavy atom. The minimum absolute atomic E-state index is 0.0560. The normalized spacial score (nSPS) is 16.8. The SMILES string of the molecule is Cc1cnc(Nc2ccc(N3CCOCC3)cc2)nc1-c1cnn(C(CC#N)CC2CCN(Cc3ccc(F)cc3F)CC2)c1. The van der Waals surface area contributed by atoms with E-state index < -0.39 is 11.6 Å². The van der Waals surface area contributed by atoms with E-state index in [0.29, 0.717) is 30.4 Å². The lowest BCUT2D eigenvalue weighted by Gasteiger charge is -2.33. The molecule has 0 radical (unpaired) electrons. The van der Waals surface area contributed by atoms with Crippen molar-refractivity contribution in [3.8, 4) is 17.3 Å². The number of nitrogens with zero attached hydrogens (tertiary/aromatic N) is 7. The number of morpholine rings is 1. The number of halogens is 2. The number of nitrogens with one attached hydrogen (secondary N) is 1. The van der Waals surface area contributed by atoms with Crippen LogP contribution in [0.2, 0.25) is 0 Å². The number of nitriles is 1. The van der Waals surface area contributed by atoms with Crippen molar-refractivity contribution < 1.29 is 13.5 Å². The van der Waals surface area contributed by atoms with E-state index in [1.165, 1.54) is 17.8 Å². The molecule has 0 amide bonds. The number of ether oxygens (including phenoxy) is 1. The first-order valence-corrected chi connectivity index (χ1v) is 15.6. The summed E-state index contributed by atoms with van der Waals surface area (Å²) < 4.78 is 34.8. The molecule has 1 N–H and O–H groups in total. The monoisotopic (exact) mass is 612 g/mol. The second-order valence-electron chi connectivity index (χ2n) is 11.9. The minimum atomic E-state index is -0.558. The average molecular weight is 613 g/mol. The maximum absolute atomic E-state index is 14.1. The lowest BCUT2D eigenvalue weighted by atomic mass is 9.89. The van der Waals surface area contributed by atoms with Gasteiger partial charge in [0, 0.05) is 60.6 Å². The number of benzene rings is 2. The van der Waals surface area contributed by atoms with E-state index in [2.05, 4.69) is 43.4 Å². The lowest BCUT2D eigenvalue weighted by molar-refractivity contribution is 0.122. The first-order valence-electron chi connectivity index (χ1n) is 15.6. The molecule has 2 fully saturated rings. The van der Waals surface area contributed by atoms with Crippen LogP contribution in [0.5, 0.6) is 0 Å². The summed E-state index contributed by atoms with van der Waals surface area (Å²) in [6.07, 6.45) is 8.69. The number of aryl methyl sites for hydroxylation is 1. The maximum Gasteiger partial charge on any atom is 0.227 e. The van der Waals surface area contributed by atoms with Crippen LogP contribution in [0, 0.1) is 35.8 Å². The van der Waals surface area contributed by atoms with Crippen molar-refractivity contribution in [2.45, 2.75) is 45.2 Å². The van der Waals surface area contributed by atoms with Crippen molar-refractivity contribution in [2.24, 2.45) is 5.92 Å². The Morgan fingerprint density at radius 3 is 2.56 bits per heavy atom. The summed E-state index contributed by atoms with van der Waals surface area (Å²) in [4.78, 5) is 13.8. The van der Waals surface area contributed by atoms with Gasteiger partial charge in [-0.1, -0.05) is 6.07 Å². The predicted molar refractivity (Wildman–Crippen MR) is 169 cm³/mol. The number of hydrogen-bond donors (Lipinski definition) is 1.